The van der Waals surface area contributed by atoms with Crippen molar-refractivity contribution in [2.45, 2.75) is 111 Å². The number of halogens is 1. The number of rotatable bonds is 8. The molecule has 4 aromatic rings. The van der Waals surface area contributed by atoms with Crippen LogP contribution in [0.5, 0.6) is 0 Å². The molecule has 18 heteroatoms. The van der Waals surface area contributed by atoms with Gasteiger partial charge in [-0.1, -0.05) is 6.58 Å². The summed E-state index contributed by atoms with van der Waals surface area (Å²) >= 11 is 0.773. The smallest absolute Gasteiger partial charge is 0.00418 e. The Bertz CT molecular complexity index is 2780. The molecule has 5 aliphatic heterocycles. The molecule has 6 aliphatic rings. The summed E-state index contributed by atoms with van der Waals surface area (Å²) in [4.78, 5) is 86.3. The maximum absolute atomic E-state index is 15.0. The van der Waals surface area contributed by atoms with Gasteiger partial charge in [0.1, 0.15) is 0 Å². The molecule has 71 heavy (non-hydrogen) atoms. The van der Waals surface area contributed by atoms with Gasteiger partial charge in [-0.15, -0.1) is 0 Å². The molecule has 1 N–H and O–H groups in total. The van der Waals surface area contributed by atoms with Gasteiger partial charge in [-0.3, -0.25) is 4.79 Å². The average Bonchev–Trinajstić information content (AvgIpc) is 3.76. The molecule has 0 saturated carbocycles. The number of esters is 1. The third kappa shape index (κ3) is 8.79. The van der Waals surface area contributed by atoms with Crippen LogP contribution in [0.3, 0.4) is 0 Å². The van der Waals surface area contributed by atoms with Gasteiger partial charge in [-0.2, -0.15) is 0 Å². The molecule has 3 aromatic heterocycles. The molecule has 0 radical (unpaired) electrons. The Morgan fingerprint density at radius 3 is 2.62 bits per heavy atom. The Labute approximate surface area is 430 Å². The van der Waals surface area contributed by atoms with E-state index >= 15 is 4.79 Å². The predicted molar refractivity (Wildman–Crippen MR) is 265 cm³/mol. The van der Waals surface area contributed by atoms with E-state index in [9.17, 15) is 19.2 Å². The van der Waals surface area contributed by atoms with Crippen LogP contribution in [-0.4, -0.2) is 143 Å². The number of fused-ring (bicyclic) bond motifs is 7. The maximum atomic E-state index is 15.0. The zero-order valence-corrected chi connectivity index (χ0v) is 44.8. The molecule has 8 heterocycles. The minimum Gasteiger partial charge on any atom is -0.00418 e. The van der Waals surface area contributed by atoms with Crippen LogP contribution in [0.25, 0.3) is 33.4 Å². The number of Topliss-reactive ketones (excluding diaryl/α,β-unsaturated/α-hetero) is 1. The fourth-order valence-electron chi connectivity index (χ4n) is 12.3. The van der Waals surface area contributed by atoms with E-state index in [2.05, 4.69) is 61.6 Å². The number of methoxy groups -OCH3 is 1. The van der Waals surface area contributed by atoms with E-state index in [0.717, 1.165) is 56.2 Å². The molecular formula is C53H66IN8O8S-. The van der Waals surface area contributed by atoms with E-state index in [1.165, 1.54) is 17.4 Å². The monoisotopic (exact) mass is 1100 g/mol. The number of thiazole rings is 1. The Kier molecular flexibility index (Phi) is 13.5. The number of hydrogen-bond donors (Lipinski definition) is 1. The van der Waals surface area contributed by atoms with Gasteiger partial charge in [0.15, 0.2) is 0 Å². The number of nitrogens with zero attached hydrogens (tertiary/aromatic N) is 7. The van der Waals surface area contributed by atoms with Gasteiger partial charge in [-0.25, -0.2) is 0 Å². The Balaban J connectivity index is 0.971. The second-order valence-corrected chi connectivity index (χ2v) is 25.9. The number of carbonyl (C=O) groups is 5. The number of aryl methyl sites for hydroxylation is 1. The zero-order chi connectivity index (χ0) is 50.1. The van der Waals surface area contributed by atoms with Crippen LogP contribution in [0.4, 0.5) is 4.79 Å². The molecule has 3 unspecified atom stereocenters. The summed E-state index contributed by atoms with van der Waals surface area (Å²) in [5.41, 5.74) is 9.26. The Morgan fingerprint density at radius 1 is 1.10 bits per heavy atom. The van der Waals surface area contributed by atoms with E-state index in [-0.39, 0.29) is 64.9 Å². The van der Waals surface area contributed by atoms with Gasteiger partial charge in [-0.05, 0) is 18.9 Å². The summed E-state index contributed by atoms with van der Waals surface area (Å²) in [6.07, 6.45) is 5.19. The van der Waals surface area contributed by atoms with Crippen molar-refractivity contribution in [3.05, 3.63) is 70.8 Å². The van der Waals surface area contributed by atoms with Gasteiger partial charge in [0.05, 0.1) is 18.8 Å². The first-order valence-corrected chi connectivity index (χ1v) is 28.3. The molecule has 4 fully saturated rings. The first-order valence-electron chi connectivity index (χ1n) is 25.1. The van der Waals surface area contributed by atoms with E-state index in [0.29, 0.717) is 65.0 Å². The number of likely N-dealkylation sites (N-methyl/N-ethyl adjacent to an activating group) is 1. The second-order valence-electron chi connectivity index (χ2n) is 21.2. The summed E-state index contributed by atoms with van der Waals surface area (Å²) < 4.78 is 20.6. The van der Waals surface area contributed by atoms with Crippen LogP contribution in [0.15, 0.2) is 54.6 Å². The number of ketones is 1. The third-order valence-corrected chi connectivity index (χ3v) is 20.8. The molecule has 4 amide bonds. The second kappa shape index (κ2) is 19.3. The number of urea groups is 1. The summed E-state index contributed by atoms with van der Waals surface area (Å²) in [5.74, 6) is -2.03. The zero-order valence-electron chi connectivity index (χ0n) is 41.9. The fraction of sp³-hybridized carbons (Fsp3) is 0.566. The van der Waals surface area contributed by atoms with Crippen LogP contribution < -0.4 is 26.6 Å². The number of aromatic nitrogens is 3. The topological polar surface area (TPSA) is 169 Å². The van der Waals surface area contributed by atoms with Gasteiger partial charge < -0.3 is 9.64 Å². The van der Waals surface area contributed by atoms with Crippen molar-refractivity contribution in [2.24, 2.45) is 17.3 Å². The number of carbonyl (C=O) groups excluding carboxylic acids is 5. The quantitative estimate of drug-likeness (QED) is 0.0901. The molecule has 4 saturated heterocycles. The molecule has 6 atom stereocenters. The number of alkyl halides is 2. The van der Waals surface area contributed by atoms with Crippen molar-refractivity contribution in [3.63, 3.8) is 0 Å². The minimum absolute atomic E-state index is 0.0977. The van der Waals surface area contributed by atoms with Gasteiger partial charge >= 0.3 is 361 Å². The molecular weight excluding hydrogens is 1040 g/mol. The summed E-state index contributed by atoms with van der Waals surface area (Å²) in [5, 5.41) is 5.49. The number of nitrogens with one attached hydrogen (secondary N) is 1. The van der Waals surface area contributed by atoms with E-state index in [4.69, 9.17) is 24.2 Å². The summed E-state index contributed by atoms with van der Waals surface area (Å²) in [6, 6.07) is 9.51. The first-order chi connectivity index (χ1) is 34.0. The van der Waals surface area contributed by atoms with Crippen molar-refractivity contribution >= 4 is 51.8 Å². The number of pyridine rings is 1. The normalized spacial score (nSPS) is 26.3. The number of ether oxygens (including phenoxy) is 3. The molecule has 380 valence electrons. The number of likely N-dealkylation sites (tertiary alicyclic amines) is 1. The van der Waals surface area contributed by atoms with Gasteiger partial charge in [0.25, 0.3) is 0 Å². The van der Waals surface area contributed by atoms with Crippen molar-refractivity contribution in [1.29, 1.82) is 0 Å². The van der Waals surface area contributed by atoms with Crippen molar-refractivity contribution in [3.8, 4) is 22.5 Å². The molecule has 10 rings (SSSR count). The molecule has 1 spiro atoms. The van der Waals surface area contributed by atoms with Gasteiger partial charge in [0.2, 0.25) is 5.91 Å². The molecule has 1 aromatic carbocycles. The average molecular weight is 1100 g/mol. The van der Waals surface area contributed by atoms with Crippen molar-refractivity contribution < 1.29 is 59.4 Å². The molecule has 6 bridgehead atoms. The third-order valence-electron chi connectivity index (χ3n) is 15.9. The number of cyclic esters (lactones) is 1. The van der Waals surface area contributed by atoms with Crippen LogP contribution in [0.2, 0.25) is 0 Å². The molecule has 1 aliphatic carbocycles. The Morgan fingerprint density at radius 2 is 1.89 bits per heavy atom. The van der Waals surface area contributed by atoms with E-state index < -0.39 is 53.7 Å². The number of amides is 4. The first kappa shape index (κ1) is 49.8. The van der Waals surface area contributed by atoms with Crippen molar-refractivity contribution in [1.82, 2.24) is 39.7 Å². The van der Waals surface area contributed by atoms with Crippen LogP contribution in [-0.2, 0) is 46.4 Å². The van der Waals surface area contributed by atoms with Crippen LogP contribution >= 0.6 is 11.3 Å². The predicted octanol–water partition coefficient (Wildman–Crippen LogP) is 3.58. The number of piperidine rings is 1. The van der Waals surface area contributed by atoms with Crippen molar-refractivity contribution in [2.75, 3.05) is 60.1 Å². The van der Waals surface area contributed by atoms with Gasteiger partial charge in [0, 0.05) is 6.54 Å². The van der Waals surface area contributed by atoms with E-state index in [1.54, 1.807) is 33.9 Å². The number of hydrazine groups is 1. The molecule has 16 nitrogen and oxygen atoms in total. The number of benzene rings is 1. The van der Waals surface area contributed by atoms with E-state index in [1.807, 2.05) is 31.5 Å². The SMILES string of the molecule is C=CC(=O)N1CCOC2(CCN(C(=O)N(C)[C@H](C(=O)CC3Cc4nc(cs4)-c4ccc5c(c4)c4c(n5CC)-c5cccnc5[C@@H](OC)C4C(C)(C)COC(=O)[C@@]45CCCN(NC4[I-]5)C3=O)C(C)C)CC2)C1. The standard InChI is InChI=1S/C53H66IN8O8S/c1-9-40(64)60-23-24-70-52(29-60)17-21-59(22-18-52)50(67)58(7)44(31(3)4)38(63)26-33-27-39-56-36(28-71-39)32-14-15-37-35(25-32)41-42(46(68-8)43-34(13-11-19-55-43)45(41)61(37)10-2)51(5,6)30-69-49(66)53-16-12-20-62(47(33)65)57-48(53)54-53/h9,11,13-15,19,25,28,31,33,42,44,46,48,57H,1,10,12,16-18,20-24,26-27,29-30H2,2-8H3/q-1/t33?,42?,44-,46-,48?,53+/m0/s1. The summed E-state index contributed by atoms with van der Waals surface area (Å²) in [7, 11) is 3.41. The Hall–Kier alpha value is -4.76. The fourth-order valence-corrected chi connectivity index (χ4v) is 16.4. The summed E-state index contributed by atoms with van der Waals surface area (Å²) in [6.45, 7) is 17.5. The van der Waals surface area contributed by atoms with Crippen LogP contribution in [0, 0.1) is 17.3 Å². The number of hydrogen-bond acceptors (Lipinski definition) is 12. The number of morpholine rings is 1. The van der Waals surface area contributed by atoms with Crippen LogP contribution in [0.1, 0.15) is 95.0 Å². The minimum atomic E-state index is -0.794.